The first-order valence-corrected chi connectivity index (χ1v) is 6.70. The standard InChI is InChI=1S/C16H19NO3/c1-11(2)12(3)9-15(18)17-14(10-20-16(17)19)13-7-5-4-6-8-13/h4-8,12,14H,1,9-10H2,2-3H3/t12?,14-/m1/s1. The fraction of sp³-hybridized carbons (Fsp3) is 0.375. The lowest BCUT2D eigenvalue weighted by Crippen LogP contribution is -2.35. The fourth-order valence-corrected chi connectivity index (χ4v) is 2.15. The molecule has 4 heteroatoms. The molecule has 2 amide bonds. The van der Waals surface area contributed by atoms with Gasteiger partial charge >= 0.3 is 6.09 Å². The Bertz CT molecular complexity index is 524. The number of rotatable bonds is 4. The maximum absolute atomic E-state index is 12.3. The number of amides is 2. The minimum absolute atomic E-state index is 0.0484. The number of benzene rings is 1. The zero-order valence-electron chi connectivity index (χ0n) is 11.8. The smallest absolute Gasteiger partial charge is 0.417 e. The second-order valence-electron chi connectivity index (χ2n) is 5.22. The zero-order valence-corrected chi connectivity index (χ0v) is 11.8. The third-order valence-electron chi connectivity index (χ3n) is 3.65. The third kappa shape index (κ3) is 2.90. The minimum Gasteiger partial charge on any atom is -0.446 e. The summed E-state index contributed by atoms with van der Waals surface area (Å²) in [5.74, 6) is -0.163. The topological polar surface area (TPSA) is 46.6 Å². The molecule has 1 aromatic carbocycles. The molecule has 1 saturated heterocycles. The molecular weight excluding hydrogens is 254 g/mol. The predicted molar refractivity (Wildman–Crippen MR) is 76.0 cm³/mol. The van der Waals surface area contributed by atoms with E-state index >= 15 is 0 Å². The van der Waals surface area contributed by atoms with E-state index in [0.717, 1.165) is 11.1 Å². The van der Waals surface area contributed by atoms with Crippen molar-refractivity contribution in [3.05, 3.63) is 48.0 Å². The van der Waals surface area contributed by atoms with Gasteiger partial charge in [-0.05, 0) is 18.4 Å². The van der Waals surface area contributed by atoms with Crippen LogP contribution in [0.15, 0.2) is 42.5 Å². The lowest BCUT2D eigenvalue weighted by Gasteiger charge is -2.21. The fourth-order valence-electron chi connectivity index (χ4n) is 2.15. The number of cyclic esters (lactones) is 1. The number of hydrogen-bond acceptors (Lipinski definition) is 3. The quantitative estimate of drug-likeness (QED) is 0.791. The summed E-state index contributed by atoms with van der Waals surface area (Å²) in [7, 11) is 0. The summed E-state index contributed by atoms with van der Waals surface area (Å²) in [6, 6.07) is 9.14. The lowest BCUT2D eigenvalue weighted by atomic mass is 9.99. The zero-order chi connectivity index (χ0) is 14.7. The average molecular weight is 273 g/mol. The molecule has 1 fully saturated rings. The molecule has 20 heavy (non-hydrogen) atoms. The largest absolute Gasteiger partial charge is 0.446 e. The van der Waals surface area contributed by atoms with Crippen molar-refractivity contribution in [3.8, 4) is 0 Å². The van der Waals surface area contributed by atoms with Crippen LogP contribution in [0.1, 0.15) is 31.9 Å². The third-order valence-corrected chi connectivity index (χ3v) is 3.65. The summed E-state index contributed by atoms with van der Waals surface area (Å²) in [5.41, 5.74) is 1.84. The normalized spacial score (nSPS) is 19.6. The van der Waals surface area contributed by atoms with Crippen molar-refractivity contribution < 1.29 is 14.3 Å². The first-order chi connectivity index (χ1) is 9.50. The number of hydrogen-bond donors (Lipinski definition) is 0. The van der Waals surface area contributed by atoms with Crippen molar-refractivity contribution in [2.24, 2.45) is 5.92 Å². The Morgan fingerprint density at radius 1 is 1.45 bits per heavy atom. The highest BCUT2D eigenvalue weighted by Gasteiger charge is 2.38. The Labute approximate surface area is 119 Å². The Hall–Kier alpha value is -2.10. The number of imide groups is 1. The van der Waals surface area contributed by atoms with Crippen molar-refractivity contribution in [3.63, 3.8) is 0 Å². The monoisotopic (exact) mass is 273 g/mol. The van der Waals surface area contributed by atoms with Gasteiger partial charge in [-0.15, -0.1) is 0 Å². The summed E-state index contributed by atoms with van der Waals surface area (Å²) in [5, 5.41) is 0. The number of allylic oxidation sites excluding steroid dienone is 1. The van der Waals surface area contributed by atoms with Crippen molar-refractivity contribution in [1.82, 2.24) is 4.90 Å². The van der Waals surface area contributed by atoms with Crippen LogP contribution in [0, 0.1) is 5.92 Å². The van der Waals surface area contributed by atoms with Gasteiger partial charge in [0.25, 0.3) is 0 Å². The second kappa shape index (κ2) is 5.90. The maximum atomic E-state index is 12.3. The van der Waals surface area contributed by atoms with Crippen LogP contribution >= 0.6 is 0 Å². The summed E-state index contributed by atoms with van der Waals surface area (Å²) in [6.07, 6.45) is -0.286. The van der Waals surface area contributed by atoms with Crippen LogP contribution in [-0.2, 0) is 9.53 Å². The molecule has 4 nitrogen and oxygen atoms in total. The van der Waals surface area contributed by atoms with Gasteiger partial charge in [0.05, 0.1) is 0 Å². The van der Waals surface area contributed by atoms with E-state index in [1.54, 1.807) is 0 Å². The van der Waals surface area contributed by atoms with Gasteiger partial charge in [0.1, 0.15) is 12.6 Å². The summed E-state index contributed by atoms with van der Waals surface area (Å²) < 4.78 is 5.04. The molecule has 1 heterocycles. The molecular formula is C16H19NO3. The summed E-state index contributed by atoms with van der Waals surface area (Å²) >= 11 is 0. The molecule has 106 valence electrons. The molecule has 1 unspecified atom stereocenters. The second-order valence-corrected chi connectivity index (χ2v) is 5.22. The molecule has 0 radical (unpaired) electrons. The molecule has 0 bridgehead atoms. The number of carbonyl (C=O) groups excluding carboxylic acids is 2. The molecule has 2 atom stereocenters. The molecule has 2 rings (SSSR count). The molecule has 1 aliphatic rings. The van der Waals surface area contributed by atoms with Crippen LogP contribution in [0.5, 0.6) is 0 Å². The summed E-state index contributed by atoms with van der Waals surface area (Å²) in [6.45, 7) is 7.88. The molecule has 0 aliphatic carbocycles. The molecule has 1 aliphatic heterocycles. The highest BCUT2D eigenvalue weighted by atomic mass is 16.6. The van der Waals surface area contributed by atoms with Crippen LogP contribution in [0.2, 0.25) is 0 Å². The van der Waals surface area contributed by atoms with Crippen LogP contribution in [0.4, 0.5) is 4.79 Å². The van der Waals surface area contributed by atoms with Crippen LogP contribution in [-0.4, -0.2) is 23.5 Å². The van der Waals surface area contributed by atoms with E-state index in [2.05, 4.69) is 6.58 Å². The molecule has 1 aromatic rings. The average Bonchev–Trinajstić information content (AvgIpc) is 2.81. The first-order valence-electron chi connectivity index (χ1n) is 6.70. The van der Waals surface area contributed by atoms with Crippen LogP contribution in [0.25, 0.3) is 0 Å². The molecule has 0 spiro atoms. The molecule has 0 aromatic heterocycles. The molecule has 0 saturated carbocycles. The van der Waals surface area contributed by atoms with E-state index in [9.17, 15) is 9.59 Å². The van der Waals surface area contributed by atoms with Crippen molar-refractivity contribution >= 4 is 12.0 Å². The maximum Gasteiger partial charge on any atom is 0.417 e. The summed E-state index contributed by atoms with van der Waals surface area (Å²) in [4.78, 5) is 25.4. The van der Waals surface area contributed by atoms with Gasteiger partial charge in [0, 0.05) is 6.42 Å². The number of carbonyl (C=O) groups is 2. The highest BCUT2D eigenvalue weighted by molar-refractivity contribution is 5.93. The van der Waals surface area contributed by atoms with E-state index in [0.29, 0.717) is 0 Å². The van der Waals surface area contributed by atoms with Crippen molar-refractivity contribution in [1.29, 1.82) is 0 Å². The van der Waals surface area contributed by atoms with Gasteiger partial charge in [-0.1, -0.05) is 49.4 Å². The predicted octanol–water partition coefficient (Wildman–Crippen LogP) is 3.31. The molecule has 0 N–H and O–H groups in total. The number of ether oxygens (including phenoxy) is 1. The van der Waals surface area contributed by atoms with E-state index < -0.39 is 6.09 Å². The number of nitrogens with zero attached hydrogens (tertiary/aromatic N) is 1. The Kier molecular flexibility index (Phi) is 4.23. The van der Waals surface area contributed by atoms with Crippen molar-refractivity contribution in [2.75, 3.05) is 6.61 Å². The van der Waals surface area contributed by atoms with Gasteiger partial charge in [0.15, 0.2) is 0 Å². The van der Waals surface area contributed by atoms with E-state index in [1.165, 1.54) is 4.90 Å². The Morgan fingerprint density at radius 3 is 2.70 bits per heavy atom. The van der Waals surface area contributed by atoms with Gasteiger partial charge in [-0.3, -0.25) is 4.79 Å². The first kappa shape index (κ1) is 14.3. The highest BCUT2D eigenvalue weighted by Crippen LogP contribution is 2.29. The van der Waals surface area contributed by atoms with Gasteiger partial charge in [0.2, 0.25) is 5.91 Å². The van der Waals surface area contributed by atoms with Gasteiger partial charge in [-0.2, -0.15) is 0 Å². The van der Waals surface area contributed by atoms with E-state index in [-0.39, 0.29) is 30.9 Å². The van der Waals surface area contributed by atoms with E-state index in [4.69, 9.17) is 4.74 Å². The van der Waals surface area contributed by atoms with Crippen LogP contribution < -0.4 is 0 Å². The van der Waals surface area contributed by atoms with Gasteiger partial charge in [-0.25, -0.2) is 9.69 Å². The van der Waals surface area contributed by atoms with Gasteiger partial charge < -0.3 is 4.74 Å². The van der Waals surface area contributed by atoms with E-state index in [1.807, 2.05) is 44.2 Å². The Balaban J connectivity index is 2.17. The minimum atomic E-state index is -0.558. The van der Waals surface area contributed by atoms with Crippen LogP contribution in [0.3, 0.4) is 0 Å². The SMILES string of the molecule is C=C(C)C(C)CC(=O)N1C(=O)OC[C@@H]1c1ccccc1. The van der Waals surface area contributed by atoms with Crippen molar-refractivity contribution in [2.45, 2.75) is 26.3 Å². The lowest BCUT2D eigenvalue weighted by molar-refractivity contribution is -0.129. The Morgan fingerprint density at radius 2 is 2.10 bits per heavy atom.